The van der Waals surface area contributed by atoms with Gasteiger partial charge in [0.25, 0.3) is 11.7 Å². The maximum atomic E-state index is 13.4. The molecule has 40 heavy (non-hydrogen) atoms. The molecule has 0 aromatic heterocycles. The molecule has 10 nitrogen and oxygen atoms in total. The first-order valence-corrected chi connectivity index (χ1v) is 14.0. The maximum Gasteiger partial charge on any atom is 0.295 e. The molecule has 1 amide bonds. The van der Waals surface area contributed by atoms with E-state index in [9.17, 15) is 23.1 Å². The van der Waals surface area contributed by atoms with E-state index < -0.39 is 27.8 Å². The van der Waals surface area contributed by atoms with E-state index in [1.165, 1.54) is 31.3 Å². The Bertz CT molecular complexity index is 1550. The van der Waals surface area contributed by atoms with Crippen molar-refractivity contribution < 1.29 is 37.3 Å². The fourth-order valence-electron chi connectivity index (χ4n) is 4.61. The number of ketones is 1. The molecule has 0 bridgehead atoms. The highest BCUT2D eigenvalue weighted by Gasteiger charge is 2.47. The lowest BCUT2D eigenvalue weighted by Gasteiger charge is -2.27. The fourth-order valence-corrected chi connectivity index (χ4v) is 5.13. The number of sulfonamides is 1. The molecule has 1 aliphatic rings. The molecule has 0 unspecified atom stereocenters. The quantitative estimate of drug-likeness (QED) is 0.216. The van der Waals surface area contributed by atoms with Crippen molar-refractivity contribution in [3.63, 3.8) is 0 Å². The molecular weight excluding hydrogens is 536 g/mol. The number of nitrogens with zero attached hydrogens (tertiary/aromatic N) is 1. The molecule has 4 rings (SSSR count). The molecule has 3 N–H and O–H groups in total. The standard InChI is InChI=1S/C29H30N2O8S/c1-4-39-20-9-7-19(8-10-20)27(32)25-26(23-17-21(37-2)11-14-24(23)38-3)31(29(34)28(25)33)16-15-18-5-12-22(13-6-18)40(30,35)36/h5-14,17,26,32H,4,15-16H2,1-3H3,(H2,30,35,36)/t26-/m1/s1. The van der Waals surface area contributed by atoms with Crippen molar-refractivity contribution in [2.24, 2.45) is 5.14 Å². The summed E-state index contributed by atoms with van der Waals surface area (Å²) in [6.07, 6.45) is 0.295. The van der Waals surface area contributed by atoms with Gasteiger partial charge in [0.05, 0.1) is 37.3 Å². The smallest absolute Gasteiger partial charge is 0.295 e. The lowest BCUT2D eigenvalue weighted by atomic mass is 9.94. The number of primary sulfonamides is 1. The highest BCUT2D eigenvalue weighted by molar-refractivity contribution is 7.89. The first kappa shape index (κ1) is 28.7. The summed E-state index contributed by atoms with van der Waals surface area (Å²) in [5, 5.41) is 16.5. The monoisotopic (exact) mass is 566 g/mol. The molecule has 1 atom stereocenters. The number of benzene rings is 3. The maximum absolute atomic E-state index is 13.4. The molecule has 0 saturated carbocycles. The van der Waals surface area contributed by atoms with Gasteiger partial charge in [-0.25, -0.2) is 13.6 Å². The van der Waals surface area contributed by atoms with Gasteiger partial charge in [0.1, 0.15) is 23.0 Å². The number of aliphatic hydroxyl groups excluding tert-OH is 1. The number of hydrogen-bond donors (Lipinski definition) is 2. The van der Waals surface area contributed by atoms with Crippen LogP contribution in [0, 0.1) is 0 Å². The van der Waals surface area contributed by atoms with Crippen molar-refractivity contribution >= 4 is 27.5 Å². The third kappa shape index (κ3) is 5.80. The van der Waals surface area contributed by atoms with Gasteiger partial charge in [-0.05, 0) is 73.5 Å². The average Bonchev–Trinajstić information content (AvgIpc) is 3.20. The summed E-state index contributed by atoms with van der Waals surface area (Å²) in [6, 6.07) is 16.5. The van der Waals surface area contributed by atoms with Gasteiger partial charge in [-0.1, -0.05) is 12.1 Å². The van der Waals surface area contributed by atoms with E-state index in [4.69, 9.17) is 19.3 Å². The number of aliphatic hydroxyl groups is 1. The molecule has 1 saturated heterocycles. The van der Waals surface area contributed by atoms with Crippen molar-refractivity contribution in [2.45, 2.75) is 24.3 Å². The number of hydrogen-bond acceptors (Lipinski definition) is 8. The minimum atomic E-state index is -3.85. The van der Waals surface area contributed by atoms with Gasteiger partial charge in [-0.2, -0.15) is 0 Å². The first-order chi connectivity index (χ1) is 19.1. The SMILES string of the molecule is CCOc1ccc(C(O)=C2C(=O)C(=O)N(CCc3ccc(S(N)(=O)=O)cc3)[C@@H]2c2cc(OC)ccc2OC)cc1. The van der Waals surface area contributed by atoms with Crippen LogP contribution in [0.1, 0.15) is 29.7 Å². The van der Waals surface area contributed by atoms with Gasteiger partial charge >= 0.3 is 0 Å². The molecule has 0 aliphatic carbocycles. The number of amides is 1. The van der Waals surface area contributed by atoms with Crippen LogP contribution in [0.5, 0.6) is 17.2 Å². The summed E-state index contributed by atoms with van der Waals surface area (Å²) in [5.41, 5.74) is 1.42. The van der Waals surface area contributed by atoms with Crippen molar-refractivity contribution in [3.05, 3.63) is 89.0 Å². The van der Waals surface area contributed by atoms with E-state index in [1.807, 2.05) is 6.92 Å². The number of ether oxygens (including phenoxy) is 3. The molecule has 3 aromatic rings. The van der Waals surface area contributed by atoms with Crippen LogP contribution in [-0.2, 0) is 26.0 Å². The van der Waals surface area contributed by atoms with E-state index in [0.29, 0.717) is 41.4 Å². The van der Waals surface area contributed by atoms with Crippen molar-refractivity contribution in [1.82, 2.24) is 4.90 Å². The van der Waals surface area contributed by atoms with Gasteiger partial charge in [-0.3, -0.25) is 9.59 Å². The third-order valence-corrected chi connectivity index (χ3v) is 7.53. The van der Waals surface area contributed by atoms with Crippen molar-refractivity contribution in [3.8, 4) is 17.2 Å². The Morgan fingerprint density at radius 2 is 1.60 bits per heavy atom. The average molecular weight is 567 g/mol. The lowest BCUT2D eigenvalue weighted by molar-refractivity contribution is -0.139. The molecule has 210 valence electrons. The van der Waals surface area contributed by atoms with Crippen LogP contribution < -0.4 is 19.3 Å². The second-order valence-electron chi connectivity index (χ2n) is 9.00. The summed E-state index contributed by atoms with van der Waals surface area (Å²) < 4.78 is 39.6. The number of likely N-dealkylation sites (tertiary alicyclic amines) is 1. The van der Waals surface area contributed by atoms with Crippen LogP contribution in [0.3, 0.4) is 0 Å². The Kier molecular flexibility index (Phi) is 8.46. The number of Topliss-reactive ketones (excluding diaryl/α,β-unsaturated/α-hetero) is 1. The second-order valence-corrected chi connectivity index (χ2v) is 10.6. The molecule has 0 radical (unpaired) electrons. The molecule has 1 fully saturated rings. The molecular formula is C29H30N2O8S. The van der Waals surface area contributed by atoms with Crippen LogP contribution in [0.4, 0.5) is 0 Å². The van der Waals surface area contributed by atoms with Crippen LogP contribution in [-0.4, -0.2) is 57.5 Å². The minimum absolute atomic E-state index is 0.0341. The molecule has 1 heterocycles. The van der Waals surface area contributed by atoms with Crippen LogP contribution in [0.25, 0.3) is 5.76 Å². The highest BCUT2D eigenvalue weighted by Crippen LogP contribution is 2.44. The normalized spacial score (nSPS) is 16.7. The van der Waals surface area contributed by atoms with Crippen LogP contribution >= 0.6 is 0 Å². The molecule has 0 spiro atoms. The Hall–Kier alpha value is -4.35. The number of nitrogens with two attached hydrogens (primary N) is 1. The molecule has 11 heteroatoms. The largest absolute Gasteiger partial charge is 0.507 e. The number of carbonyl (C=O) groups excluding carboxylic acids is 2. The van der Waals surface area contributed by atoms with E-state index in [-0.39, 0.29) is 22.8 Å². The molecule has 1 aliphatic heterocycles. The number of methoxy groups -OCH3 is 2. The highest BCUT2D eigenvalue weighted by atomic mass is 32.2. The van der Waals surface area contributed by atoms with Gasteiger partial charge < -0.3 is 24.2 Å². The molecule has 3 aromatic carbocycles. The summed E-state index contributed by atoms with van der Waals surface area (Å²) in [6.45, 7) is 2.41. The fraction of sp³-hybridized carbons (Fsp3) is 0.241. The van der Waals surface area contributed by atoms with Gasteiger partial charge in [0.2, 0.25) is 10.0 Å². The summed E-state index contributed by atoms with van der Waals surface area (Å²) >= 11 is 0. The number of rotatable bonds is 10. The summed E-state index contributed by atoms with van der Waals surface area (Å²) in [4.78, 5) is 28.1. The second kappa shape index (κ2) is 11.8. The van der Waals surface area contributed by atoms with E-state index in [0.717, 1.165) is 5.56 Å². The zero-order valence-electron chi connectivity index (χ0n) is 22.3. The third-order valence-electron chi connectivity index (χ3n) is 6.60. The zero-order valence-corrected chi connectivity index (χ0v) is 23.1. The summed E-state index contributed by atoms with van der Waals surface area (Å²) in [5.74, 6) is -0.501. The predicted octanol–water partition coefficient (Wildman–Crippen LogP) is 3.41. The van der Waals surface area contributed by atoms with Crippen LogP contribution in [0.15, 0.2) is 77.2 Å². The van der Waals surface area contributed by atoms with E-state index in [1.54, 1.807) is 54.6 Å². The van der Waals surface area contributed by atoms with Crippen molar-refractivity contribution in [1.29, 1.82) is 0 Å². The Morgan fingerprint density at radius 1 is 0.950 bits per heavy atom. The Morgan fingerprint density at radius 3 is 2.17 bits per heavy atom. The van der Waals surface area contributed by atoms with E-state index in [2.05, 4.69) is 0 Å². The minimum Gasteiger partial charge on any atom is -0.507 e. The topological polar surface area (TPSA) is 145 Å². The number of carbonyl (C=O) groups is 2. The summed E-state index contributed by atoms with van der Waals surface area (Å²) in [7, 11) is -0.888. The Balaban J connectivity index is 1.79. The first-order valence-electron chi connectivity index (χ1n) is 12.4. The predicted molar refractivity (Wildman–Crippen MR) is 148 cm³/mol. The van der Waals surface area contributed by atoms with Crippen LogP contribution in [0.2, 0.25) is 0 Å². The van der Waals surface area contributed by atoms with Gasteiger partial charge in [0.15, 0.2) is 0 Å². The zero-order chi connectivity index (χ0) is 29.0. The van der Waals surface area contributed by atoms with Crippen molar-refractivity contribution in [2.75, 3.05) is 27.4 Å². The van der Waals surface area contributed by atoms with Gasteiger partial charge in [0, 0.05) is 17.7 Å². The van der Waals surface area contributed by atoms with E-state index >= 15 is 0 Å². The van der Waals surface area contributed by atoms with Gasteiger partial charge in [-0.15, -0.1) is 0 Å². The lowest BCUT2D eigenvalue weighted by Crippen LogP contribution is -2.32. The Labute approximate surface area is 232 Å².